The minimum atomic E-state index is 0.647. The number of hydrogen-bond donors (Lipinski definition) is 2. The highest BCUT2D eigenvalue weighted by Crippen LogP contribution is 2.27. The summed E-state index contributed by atoms with van der Waals surface area (Å²) in [5.41, 5.74) is 4.60. The molecule has 0 atom stereocenters. The third-order valence-corrected chi connectivity index (χ3v) is 4.69. The summed E-state index contributed by atoms with van der Waals surface area (Å²) in [6.45, 7) is 8.52. The Morgan fingerprint density at radius 3 is 2.50 bits per heavy atom. The summed E-state index contributed by atoms with van der Waals surface area (Å²) in [6, 6.07) is 5.94. The van der Waals surface area contributed by atoms with Gasteiger partial charge in [0.15, 0.2) is 16.6 Å². The first kappa shape index (κ1) is 20.0. The molecule has 6 nitrogen and oxygen atoms in total. The van der Waals surface area contributed by atoms with E-state index in [1.54, 1.807) is 14.2 Å². The summed E-state index contributed by atoms with van der Waals surface area (Å²) >= 11 is 5.38. The van der Waals surface area contributed by atoms with Crippen LogP contribution in [0.2, 0.25) is 0 Å². The molecule has 7 heteroatoms. The van der Waals surface area contributed by atoms with Crippen molar-refractivity contribution in [3.05, 3.63) is 40.7 Å². The lowest BCUT2D eigenvalue weighted by Gasteiger charge is -2.12. The van der Waals surface area contributed by atoms with E-state index in [0.717, 1.165) is 42.3 Å². The maximum Gasteiger partial charge on any atom is 0.166 e. The molecule has 1 aromatic heterocycles. The molecule has 1 heterocycles. The quantitative estimate of drug-likeness (QED) is 0.691. The summed E-state index contributed by atoms with van der Waals surface area (Å²) in [6.07, 6.45) is 0.841. The van der Waals surface area contributed by atoms with Gasteiger partial charge >= 0.3 is 0 Å². The van der Waals surface area contributed by atoms with Gasteiger partial charge in [-0.15, -0.1) is 0 Å². The highest BCUT2D eigenvalue weighted by molar-refractivity contribution is 7.80. The van der Waals surface area contributed by atoms with Crippen LogP contribution in [0, 0.1) is 13.8 Å². The van der Waals surface area contributed by atoms with Crippen LogP contribution in [0.25, 0.3) is 0 Å². The van der Waals surface area contributed by atoms with Crippen LogP contribution in [-0.4, -0.2) is 35.7 Å². The van der Waals surface area contributed by atoms with Crippen molar-refractivity contribution in [1.29, 1.82) is 0 Å². The summed E-state index contributed by atoms with van der Waals surface area (Å²) in [5, 5.41) is 11.7. The largest absolute Gasteiger partial charge is 0.493 e. The Balaban J connectivity index is 1.82. The summed E-state index contributed by atoms with van der Waals surface area (Å²) in [7, 11) is 3.28. The van der Waals surface area contributed by atoms with Gasteiger partial charge in [0.2, 0.25) is 0 Å². The number of benzene rings is 1. The van der Waals surface area contributed by atoms with Crippen molar-refractivity contribution in [3.63, 3.8) is 0 Å². The molecule has 2 aromatic rings. The number of nitrogens with one attached hydrogen (secondary N) is 2. The molecule has 0 amide bonds. The van der Waals surface area contributed by atoms with Crippen LogP contribution in [0.4, 0.5) is 0 Å². The number of methoxy groups -OCH3 is 2. The maximum atomic E-state index is 5.38. The van der Waals surface area contributed by atoms with Gasteiger partial charge in [-0.25, -0.2) is 0 Å². The lowest BCUT2D eigenvalue weighted by molar-refractivity contribution is 0.354. The Hall–Kier alpha value is -2.28. The minimum Gasteiger partial charge on any atom is -0.493 e. The van der Waals surface area contributed by atoms with E-state index in [1.807, 2.05) is 29.8 Å². The lowest BCUT2D eigenvalue weighted by atomic mass is 10.1. The Morgan fingerprint density at radius 2 is 1.88 bits per heavy atom. The monoisotopic (exact) mass is 376 g/mol. The second-order valence-electron chi connectivity index (χ2n) is 6.01. The van der Waals surface area contributed by atoms with Crippen molar-refractivity contribution < 1.29 is 9.47 Å². The first-order chi connectivity index (χ1) is 12.5. The molecule has 0 saturated carbocycles. The Morgan fingerprint density at radius 1 is 1.15 bits per heavy atom. The normalized spacial score (nSPS) is 10.5. The maximum absolute atomic E-state index is 5.38. The molecule has 0 unspecified atom stereocenters. The van der Waals surface area contributed by atoms with Crippen molar-refractivity contribution in [1.82, 2.24) is 20.4 Å². The number of nitrogens with zero attached hydrogens (tertiary/aromatic N) is 2. The van der Waals surface area contributed by atoms with Crippen LogP contribution in [0.3, 0.4) is 0 Å². The minimum absolute atomic E-state index is 0.647. The number of aromatic nitrogens is 2. The standard InChI is InChI=1S/C19H28N4O2S/c1-6-23-14(3)16(13(2)22-23)12-21-19(26)20-10-9-15-7-8-17(24-4)18(11-15)25-5/h7-8,11H,6,9-10,12H2,1-5H3,(H2,20,21,26). The van der Waals surface area contributed by atoms with E-state index in [2.05, 4.69) is 29.6 Å². The SMILES string of the molecule is CCn1nc(C)c(CNC(=S)NCCc2ccc(OC)c(OC)c2)c1C. The second-order valence-corrected chi connectivity index (χ2v) is 6.42. The molecule has 0 spiro atoms. The van der Waals surface area contributed by atoms with Crippen molar-refractivity contribution in [2.75, 3.05) is 20.8 Å². The van der Waals surface area contributed by atoms with Crippen LogP contribution < -0.4 is 20.1 Å². The lowest BCUT2D eigenvalue weighted by Crippen LogP contribution is -2.36. The van der Waals surface area contributed by atoms with Crippen molar-refractivity contribution >= 4 is 17.3 Å². The summed E-state index contributed by atoms with van der Waals surface area (Å²) < 4.78 is 12.6. The Labute approximate surface area is 160 Å². The number of rotatable bonds is 8. The van der Waals surface area contributed by atoms with Gasteiger partial charge < -0.3 is 20.1 Å². The molecule has 0 saturated heterocycles. The van der Waals surface area contributed by atoms with Crippen LogP contribution in [0.1, 0.15) is 29.4 Å². The molecule has 2 rings (SSSR count). The molecule has 26 heavy (non-hydrogen) atoms. The van der Waals surface area contributed by atoms with E-state index in [0.29, 0.717) is 11.7 Å². The summed E-state index contributed by atoms with van der Waals surface area (Å²) in [4.78, 5) is 0. The molecule has 0 radical (unpaired) electrons. The molecular formula is C19H28N4O2S. The number of thiocarbonyl (C=S) groups is 1. The Bertz CT molecular complexity index is 758. The van der Waals surface area contributed by atoms with Gasteiger partial charge in [0.05, 0.1) is 19.9 Å². The first-order valence-electron chi connectivity index (χ1n) is 8.75. The van der Waals surface area contributed by atoms with Crippen LogP contribution >= 0.6 is 12.2 Å². The molecule has 0 aliphatic rings. The van der Waals surface area contributed by atoms with Crippen molar-refractivity contribution in [2.45, 2.75) is 40.3 Å². The van der Waals surface area contributed by atoms with Gasteiger partial charge in [-0.2, -0.15) is 5.10 Å². The zero-order chi connectivity index (χ0) is 19.1. The molecule has 1 aromatic carbocycles. The molecule has 0 aliphatic heterocycles. The topological polar surface area (TPSA) is 60.3 Å². The van der Waals surface area contributed by atoms with Gasteiger partial charge in [-0.1, -0.05) is 6.07 Å². The zero-order valence-corrected chi connectivity index (χ0v) is 17.0. The number of aryl methyl sites for hydroxylation is 2. The predicted molar refractivity (Wildman–Crippen MR) is 108 cm³/mol. The van der Waals surface area contributed by atoms with Gasteiger partial charge in [0.1, 0.15) is 0 Å². The van der Waals surface area contributed by atoms with E-state index in [-0.39, 0.29) is 0 Å². The van der Waals surface area contributed by atoms with Gasteiger partial charge in [-0.3, -0.25) is 4.68 Å². The van der Waals surface area contributed by atoms with E-state index in [4.69, 9.17) is 21.7 Å². The fraction of sp³-hybridized carbons (Fsp3) is 0.474. The van der Waals surface area contributed by atoms with E-state index in [9.17, 15) is 0 Å². The molecule has 2 N–H and O–H groups in total. The molecular weight excluding hydrogens is 348 g/mol. The van der Waals surface area contributed by atoms with E-state index >= 15 is 0 Å². The van der Waals surface area contributed by atoms with E-state index in [1.165, 1.54) is 11.3 Å². The molecule has 0 aliphatic carbocycles. The number of ether oxygens (including phenoxy) is 2. The highest BCUT2D eigenvalue weighted by atomic mass is 32.1. The van der Waals surface area contributed by atoms with Gasteiger partial charge in [0.25, 0.3) is 0 Å². The summed E-state index contributed by atoms with van der Waals surface area (Å²) in [5.74, 6) is 1.48. The fourth-order valence-electron chi connectivity index (χ4n) is 2.89. The van der Waals surface area contributed by atoms with Crippen molar-refractivity contribution in [3.8, 4) is 11.5 Å². The predicted octanol–water partition coefficient (Wildman–Crippen LogP) is 2.74. The van der Waals surface area contributed by atoms with E-state index < -0.39 is 0 Å². The van der Waals surface area contributed by atoms with Crippen LogP contribution in [0.5, 0.6) is 11.5 Å². The third-order valence-electron chi connectivity index (χ3n) is 4.40. The number of hydrogen-bond acceptors (Lipinski definition) is 4. The molecule has 0 bridgehead atoms. The smallest absolute Gasteiger partial charge is 0.166 e. The van der Waals surface area contributed by atoms with Crippen LogP contribution in [0.15, 0.2) is 18.2 Å². The Kier molecular flexibility index (Phi) is 7.26. The van der Waals surface area contributed by atoms with Crippen molar-refractivity contribution in [2.24, 2.45) is 0 Å². The van der Waals surface area contributed by atoms with Gasteiger partial charge in [-0.05, 0) is 57.1 Å². The molecule has 0 fully saturated rings. The van der Waals surface area contributed by atoms with Gasteiger partial charge in [0, 0.05) is 30.9 Å². The van der Waals surface area contributed by atoms with Crippen LogP contribution in [-0.2, 0) is 19.5 Å². The average molecular weight is 377 g/mol. The fourth-order valence-corrected chi connectivity index (χ4v) is 3.06. The first-order valence-corrected chi connectivity index (χ1v) is 9.16. The third kappa shape index (κ3) is 4.88. The second kappa shape index (κ2) is 9.43. The molecule has 142 valence electrons. The average Bonchev–Trinajstić information content (AvgIpc) is 2.93. The zero-order valence-electron chi connectivity index (χ0n) is 16.2. The highest BCUT2D eigenvalue weighted by Gasteiger charge is 2.10.